The molecule has 4 heterocycles. The van der Waals surface area contributed by atoms with Crippen molar-refractivity contribution in [2.45, 2.75) is 0 Å². The molecule has 0 aliphatic heterocycles. The highest BCUT2D eigenvalue weighted by molar-refractivity contribution is 6.24. The molecule has 0 bridgehead atoms. The van der Waals surface area contributed by atoms with Gasteiger partial charge in [0, 0.05) is 55.7 Å². The van der Waals surface area contributed by atoms with Crippen LogP contribution < -0.4 is 0 Å². The van der Waals surface area contributed by atoms with E-state index < -0.39 is 0 Å². The normalized spacial score (nSPS) is 12.0. The molecule has 4 nitrogen and oxygen atoms in total. The first-order chi connectivity index (χ1) is 27.2. The minimum atomic E-state index is 0.896. The summed E-state index contributed by atoms with van der Waals surface area (Å²) in [6.07, 6.45) is 3.73. The number of hydrogen-bond acceptors (Lipinski definition) is 4. The molecule has 0 unspecified atom stereocenters. The van der Waals surface area contributed by atoms with Crippen molar-refractivity contribution in [1.82, 2.24) is 15.0 Å². The minimum absolute atomic E-state index is 0.896. The van der Waals surface area contributed by atoms with Gasteiger partial charge in [0.25, 0.3) is 0 Å². The van der Waals surface area contributed by atoms with Gasteiger partial charge in [-0.1, -0.05) is 115 Å². The lowest BCUT2D eigenvalue weighted by molar-refractivity contribution is 0.673. The van der Waals surface area contributed by atoms with Gasteiger partial charge in [-0.15, -0.1) is 0 Å². The van der Waals surface area contributed by atoms with Crippen molar-refractivity contribution >= 4 is 87.0 Å². The van der Waals surface area contributed by atoms with Crippen molar-refractivity contribution < 1.29 is 4.42 Å². The van der Waals surface area contributed by atoms with Gasteiger partial charge in [-0.25, -0.2) is 4.98 Å². The summed E-state index contributed by atoms with van der Waals surface area (Å²) in [5, 5.41) is 12.6. The third-order valence-electron chi connectivity index (χ3n) is 11.3. The summed E-state index contributed by atoms with van der Waals surface area (Å²) >= 11 is 0. The monoisotopic (exact) mass is 699 g/mol. The maximum atomic E-state index is 6.56. The second-order valence-electron chi connectivity index (χ2n) is 14.4. The second-order valence-corrected chi connectivity index (χ2v) is 14.4. The number of para-hydroxylation sites is 2. The summed E-state index contributed by atoms with van der Waals surface area (Å²) in [5.41, 5.74) is 11.3. The smallest absolute Gasteiger partial charge is 0.144 e. The van der Waals surface area contributed by atoms with Crippen molar-refractivity contribution in [3.63, 3.8) is 0 Å². The molecule has 4 aromatic heterocycles. The third kappa shape index (κ3) is 4.55. The van der Waals surface area contributed by atoms with Crippen LogP contribution in [0.15, 0.2) is 181 Å². The maximum absolute atomic E-state index is 6.56. The van der Waals surface area contributed by atoms with E-state index in [0.717, 1.165) is 87.8 Å². The Bertz CT molecular complexity index is 3560. The fraction of sp³-hybridized carbons (Fsp3) is 0. The van der Waals surface area contributed by atoms with Crippen molar-refractivity contribution in [2.24, 2.45) is 0 Å². The summed E-state index contributed by atoms with van der Waals surface area (Å²) in [7, 11) is 0. The summed E-state index contributed by atoms with van der Waals surface area (Å²) in [4.78, 5) is 14.6. The van der Waals surface area contributed by atoms with Gasteiger partial charge in [0.2, 0.25) is 0 Å². The Kier molecular flexibility index (Phi) is 6.31. The number of nitrogens with zero attached hydrogens (tertiary/aromatic N) is 3. The number of benzene rings is 8. The molecule has 0 saturated carbocycles. The zero-order valence-corrected chi connectivity index (χ0v) is 29.5. The molecule has 8 aromatic carbocycles. The van der Waals surface area contributed by atoms with E-state index in [4.69, 9.17) is 14.4 Å². The molecule has 12 rings (SSSR count). The van der Waals surface area contributed by atoms with Gasteiger partial charge >= 0.3 is 0 Å². The van der Waals surface area contributed by atoms with Crippen molar-refractivity contribution in [2.75, 3.05) is 0 Å². The summed E-state index contributed by atoms with van der Waals surface area (Å²) in [5.74, 6) is 0. The lowest BCUT2D eigenvalue weighted by Crippen LogP contribution is -1.91. The van der Waals surface area contributed by atoms with E-state index in [1.54, 1.807) is 0 Å². The predicted octanol–water partition coefficient (Wildman–Crippen LogP) is 13.7. The van der Waals surface area contributed by atoms with Crippen LogP contribution in [0.1, 0.15) is 0 Å². The first kappa shape index (κ1) is 30.1. The SMILES string of the molecule is c1cc(-c2ccc3c(ccc4cc(-c5ccnc6c5ccc5cccnc56)ccc43)c2)cc(-c2nc3ccccc3c3c2ccc2c4ccccc4oc23)c1. The molecule has 0 saturated heterocycles. The second kappa shape index (κ2) is 11.5. The first-order valence-corrected chi connectivity index (χ1v) is 18.6. The zero-order chi connectivity index (χ0) is 36.0. The highest BCUT2D eigenvalue weighted by Gasteiger charge is 2.18. The van der Waals surface area contributed by atoms with E-state index in [2.05, 4.69) is 151 Å². The van der Waals surface area contributed by atoms with Gasteiger partial charge in [0.05, 0.1) is 22.2 Å². The number of pyridine rings is 3. The molecule has 4 heteroatoms. The molecule has 0 aliphatic rings. The van der Waals surface area contributed by atoms with Crippen LogP contribution in [-0.2, 0) is 0 Å². The first-order valence-electron chi connectivity index (χ1n) is 18.6. The average Bonchev–Trinajstić information content (AvgIpc) is 3.64. The Balaban J connectivity index is 0.961. The van der Waals surface area contributed by atoms with Crippen LogP contribution in [0.2, 0.25) is 0 Å². The van der Waals surface area contributed by atoms with Crippen LogP contribution in [0.5, 0.6) is 0 Å². The van der Waals surface area contributed by atoms with Gasteiger partial charge < -0.3 is 4.42 Å². The zero-order valence-electron chi connectivity index (χ0n) is 29.5. The van der Waals surface area contributed by atoms with E-state index in [0.29, 0.717) is 0 Å². The standard InChI is InChI=1S/C51H29N3O/c1-3-12-45-43(11-1)47-44(23-22-42-40-10-2-4-13-46(40)55-51(42)47)48(54-45)36-8-5-7-31(28-36)32-17-19-37-33(27-32)14-15-34-29-35(18-20-38(34)37)39-24-26-53-50-41(39)21-16-30-9-6-25-52-49(30)50/h1-29H. The average molecular weight is 700 g/mol. The van der Waals surface area contributed by atoms with E-state index in [-0.39, 0.29) is 0 Å². The molecule has 0 N–H and O–H groups in total. The van der Waals surface area contributed by atoms with Crippen LogP contribution >= 0.6 is 0 Å². The van der Waals surface area contributed by atoms with E-state index >= 15 is 0 Å². The molecule has 0 radical (unpaired) electrons. The Morgan fingerprint density at radius 2 is 1.07 bits per heavy atom. The van der Waals surface area contributed by atoms with E-state index in [1.165, 1.54) is 32.7 Å². The van der Waals surface area contributed by atoms with Crippen LogP contribution in [0, 0.1) is 0 Å². The fourth-order valence-corrected chi connectivity index (χ4v) is 8.71. The predicted molar refractivity (Wildman–Crippen MR) is 228 cm³/mol. The van der Waals surface area contributed by atoms with Crippen LogP contribution in [0.3, 0.4) is 0 Å². The lowest BCUT2D eigenvalue weighted by atomic mass is 9.93. The van der Waals surface area contributed by atoms with Gasteiger partial charge in [0.1, 0.15) is 11.2 Å². The van der Waals surface area contributed by atoms with Gasteiger partial charge in [-0.05, 0) is 92.3 Å². The summed E-state index contributed by atoms with van der Waals surface area (Å²) in [6.45, 7) is 0. The molecular weight excluding hydrogens is 671 g/mol. The van der Waals surface area contributed by atoms with Crippen molar-refractivity contribution in [3.8, 4) is 33.5 Å². The quantitative estimate of drug-likeness (QED) is 0.172. The molecule has 0 fully saturated rings. The molecule has 12 aromatic rings. The van der Waals surface area contributed by atoms with Crippen molar-refractivity contribution in [3.05, 3.63) is 176 Å². The number of aromatic nitrogens is 3. The van der Waals surface area contributed by atoms with Gasteiger partial charge in [-0.2, -0.15) is 0 Å². The lowest BCUT2D eigenvalue weighted by Gasteiger charge is -2.13. The number of fused-ring (bicyclic) bond motifs is 13. The van der Waals surface area contributed by atoms with Crippen LogP contribution in [0.25, 0.3) is 120 Å². The molecule has 55 heavy (non-hydrogen) atoms. The highest BCUT2D eigenvalue weighted by atomic mass is 16.3. The molecule has 0 aliphatic carbocycles. The van der Waals surface area contributed by atoms with E-state index in [1.807, 2.05) is 30.6 Å². The molecule has 0 atom stereocenters. The molecule has 0 spiro atoms. The number of furan rings is 1. The van der Waals surface area contributed by atoms with Crippen molar-refractivity contribution in [1.29, 1.82) is 0 Å². The Labute approximate surface area is 315 Å². The number of rotatable bonds is 3. The summed E-state index contributed by atoms with van der Waals surface area (Å²) < 4.78 is 6.56. The number of hydrogen-bond donors (Lipinski definition) is 0. The molecule has 0 amide bonds. The topological polar surface area (TPSA) is 51.8 Å². The van der Waals surface area contributed by atoms with Crippen LogP contribution in [-0.4, -0.2) is 15.0 Å². The third-order valence-corrected chi connectivity index (χ3v) is 11.3. The fourth-order valence-electron chi connectivity index (χ4n) is 8.71. The largest absolute Gasteiger partial charge is 0.455 e. The van der Waals surface area contributed by atoms with Gasteiger partial charge in [0.15, 0.2) is 0 Å². The minimum Gasteiger partial charge on any atom is -0.455 e. The molecular formula is C51H29N3O. The summed E-state index contributed by atoms with van der Waals surface area (Å²) in [6, 6.07) is 58.4. The Morgan fingerprint density at radius 1 is 0.382 bits per heavy atom. The Hall–Kier alpha value is -7.43. The Morgan fingerprint density at radius 3 is 1.98 bits per heavy atom. The van der Waals surface area contributed by atoms with Crippen LogP contribution in [0.4, 0.5) is 0 Å². The van der Waals surface area contributed by atoms with Gasteiger partial charge in [-0.3, -0.25) is 9.97 Å². The van der Waals surface area contributed by atoms with E-state index in [9.17, 15) is 0 Å². The highest BCUT2D eigenvalue weighted by Crippen LogP contribution is 2.42. The molecule has 254 valence electrons. The maximum Gasteiger partial charge on any atom is 0.144 e.